The largest absolute Gasteiger partial charge is 0.442 e. The van der Waals surface area contributed by atoms with E-state index in [2.05, 4.69) is 15.5 Å². The molecule has 0 spiro atoms. The van der Waals surface area contributed by atoms with Crippen molar-refractivity contribution in [2.75, 3.05) is 13.1 Å². The van der Waals surface area contributed by atoms with Crippen molar-refractivity contribution in [1.82, 2.24) is 19.8 Å². The van der Waals surface area contributed by atoms with Crippen molar-refractivity contribution in [2.45, 2.75) is 37.8 Å². The number of sulfonamides is 1. The van der Waals surface area contributed by atoms with Crippen molar-refractivity contribution in [1.29, 1.82) is 0 Å². The Morgan fingerprint density at radius 1 is 1.19 bits per heavy atom. The predicted octanol–water partition coefficient (Wildman–Crippen LogP) is 3.26. The van der Waals surface area contributed by atoms with Gasteiger partial charge in [-0.15, -0.1) is 0 Å². The van der Waals surface area contributed by atoms with Gasteiger partial charge in [-0.1, -0.05) is 30.3 Å². The number of nitrogens with zero attached hydrogens (tertiary/aromatic N) is 2. The molecule has 1 amide bonds. The zero-order valence-corrected chi connectivity index (χ0v) is 18.4. The summed E-state index contributed by atoms with van der Waals surface area (Å²) in [5.74, 6) is 0.145. The molecule has 1 atom stereocenters. The summed E-state index contributed by atoms with van der Waals surface area (Å²) in [5.41, 5.74) is 2.45. The summed E-state index contributed by atoms with van der Waals surface area (Å²) in [6, 6.07) is 14.5. The number of carbonyl (C=O) groups excluding carboxylic acids is 1. The molecule has 2 aromatic heterocycles. The molecule has 1 aliphatic heterocycles. The van der Waals surface area contributed by atoms with Gasteiger partial charge in [0.05, 0.1) is 6.04 Å². The summed E-state index contributed by atoms with van der Waals surface area (Å²) in [6.07, 6.45) is 0.942. The smallest absolute Gasteiger partial charge is 0.276 e. The van der Waals surface area contributed by atoms with Gasteiger partial charge in [0.25, 0.3) is 10.0 Å². The normalized spacial score (nSPS) is 16.8. The number of amides is 1. The zero-order chi connectivity index (χ0) is 22.0. The van der Waals surface area contributed by atoms with Crippen molar-refractivity contribution in [3.8, 4) is 11.5 Å². The zero-order valence-electron chi connectivity index (χ0n) is 17.5. The van der Waals surface area contributed by atoms with Crippen LogP contribution in [0, 0.1) is 12.8 Å². The number of nitrogens with one attached hydrogen (secondary N) is 2. The van der Waals surface area contributed by atoms with E-state index in [1.165, 1.54) is 10.4 Å². The second-order valence-corrected chi connectivity index (χ2v) is 9.74. The molecular formula is C22H26N4O4S. The maximum absolute atomic E-state index is 13.0. The Labute approximate surface area is 181 Å². The fourth-order valence-corrected chi connectivity index (χ4v) is 5.16. The van der Waals surface area contributed by atoms with E-state index in [1.807, 2.05) is 44.2 Å². The van der Waals surface area contributed by atoms with Crippen LogP contribution in [0.5, 0.6) is 0 Å². The fourth-order valence-electron chi connectivity index (χ4n) is 3.78. The lowest BCUT2D eigenvalue weighted by molar-refractivity contribution is -0.126. The van der Waals surface area contributed by atoms with E-state index in [-0.39, 0.29) is 36.0 Å². The Kier molecular flexibility index (Phi) is 5.97. The molecule has 1 fully saturated rings. The first-order valence-corrected chi connectivity index (χ1v) is 11.8. The number of aryl methyl sites for hydroxylation is 1. The maximum Gasteiger partial charge on any atom is 0.276 e. The Balaban J connectivity index is 1.37. The average molecular weight is 443 g/mol. The molecule has 1 unspecified atom stereocenters. The summed E-state index contributed by atoms with van der Waals surface area (Å²) in [5, 5.41) is 9.84. The Bertz CT molecular complexity index is 1150. The molecule has 164 valence electrons. The Hall–Kier alpha value is -2.91. The van der Waals surface area contributed by atoms with Gasteiger partial charge in [-0.3, -0.25) is 9.89 Å². The fraction of sp³-hybridized carbons (Fsp3) is 0.364. The number of aromatic nitrogens is 2. The lowest BCUT2D eigenvalue weighted by Gasteiger charge is -2.30. The summed E-state index contributed by atoms with van der Waals surface area (Å²) >= 11 is 0. The molecule has 0 bridgehead atoms. The van der Waals surface area contributed by atoms with E-state index < -0.39 is 10.0 Å². The Morgan fingerprint density at radius 2 is 1.90 bits per heavy atom. The summed E-state index contributed by atoms with van der Waals surface area (Å²) < 4.78 is 32.9. The third-order valence-corrected chi connectivity index (χ3v) is 7.39. The van der Waals surface area contributed by atoms with E-state index in [4.69, 9.17) is 4.42 Å². The molecule has 31 heavy (non-hydrogen) atoms. The van der Waals surface area contributed by atoms with Crippen molar-refractivity contribution < 1.29 is 17.6 Å². The number of hydrogen-bond acceptors (Lipinski definition) is 5. The minimum atomic E-state index is -3.76. The number of carbonyl (C=O) groups is 1. The highest BCUT2D eigenvalue weighted by Crippen LogP contribution is 2.28. The summed E-state index contributed by atoms with van der Waals surface area (Å²) in [4.78, 5) is 12.7. The molecule has 8 nitrogen and oxygen atoms in total. The van der Waals surface area contributed by atoms with Crippen LogP contribution in [-0.4, -0.2) is 41.9 Å². The van der Waals surface area contributed by atoms with Crippen LogP contribution in [0.25, 0.3) is 11.5 Å². The van der Waals surface area contributed by atoms with Gasteiger partial charge < -0.3 is 9.73 Å². The van der Waals surface area contributed by atoms with Crippen LogP contribution in [-0.2, 0) is 14.8 Å². The molecular weight excluding hydrogens is 416 g/mol. The molecule has 0 radical (unpaired) electrons. The van der Waals surface area contributed by atoms with Crippen LogP contribution in [0.1, 0.15) is 37.1 Å². The number of H-pyrrole nitrogens is 1. The number of benzene rings is 1. The Morgan fingerprint density at radius 3 is 2.55 bits per heavy atom. The highest BCUT2D eigenvalue weighted by Gasteiger charge is 2.34. The number of piperidine rings is 1. The first kappa shape index (κ1) is 21.3. The SMILES string of the molecule is Cc1cc(-c2ccc(S(=O)(=O)N3CCC(C(=O)NC(C)c4ccccc4)CC3)o2)n[nH]1. The van der Waals surface area contributed by atoms with E-state index in [9.17, 15) is 13.2 Å². The van der Waals surface area contributed by atoms with Crippen LogP contribution in [0.4, 0.5) is 0 Å². The van der Waals surface area contributed by atoms with Gasteiger partial charge >= 0.3 is 0 Å². The lowest BCUT2D eigenvalue weighted by Crippen LogP contribution is -2.43. The summed E-state index contributed by atoms with van der Waals surface area (Å²) in [6.45, 7) is 4.36. The molecule has 3 aromatic rings. The molecule has 2 N–H and O–H groups in total. The molecule has 1 saturated heterocycles. The molecule has 9 heteroatoms. The van der Waals surface area contributed by atoms with Crippen LogP contribution in [0.3, 0.4) is 0 Å². The maximum atomic E-state index is 13.0. The van der Waals surface area contributed by atoms with Crippen LogP contribution >= 0.6 is 0 Å². The number of aromatic amines is 1. The topological polar surface area (TPSA) is 108 Å². The van der Waals surface area contributed by atoms with Crippen molar-refractivity contribution in [3.05, 3.63) is 59.8 Å². The first-order valence-electron chi connectivity index (χ1n) is 10.3. The van der Waals surface area contributed by atoms with Crippen LogP contribution < -0.4 is 5.32 Å². The van der Waals surface area contributed by atoms with E-state index in [0.29, 0.717) is 24.3 Å². The van der Waals surface area contributed by atoms with E-state index >= 15 is 0 Å². The molecule has 0 aliphatic carbocycles. The van der Waals surface area contributed by atoms with Gasteiger partial charge in [0.2, 0.25) is 11.0 Å². The third kappa shape index (κ3) is 4.57. The van der Waals surface area contributed by atoms with Crippen molar-refractivity contribution in [3.63, 3.8) is 0 Å². The van der Waals surface area contributed by atoms with Crippen molar-refractivity contribution in [2.24, 2.45) is 5.92 Å². The minimum absolute atomic E-state index is 0.0393. The highest BCUT2D eigenvalue weighted by atomic mass is 32.2. The van der Waals surface area contributed by atoms with Gasteiger partial charge in [-0.05, 0) is 50.5 Å². The number of hydrogen-bond donors (Lipinski definition) is 2. The van der Waals surface area contributed by atoms with Gasteiger partial charge in [-0.25, -0.2) is 8.42 Å². The van der Waals surface area contributed by atoms with E-state index in [0.717, 1.165) is 11.3 Å². The predicted molar refractivity (Wildman–Crippen MR) is 116 cm³/mol. The number of rotatable bonds is 6. The van der Waals surface area contributed by atoms with Crippen LogP contribution in [0.15, 0.2) is 58.0 Å². The van der Waals surface area contributed by atoms with E-state index in [1.54, 1.807) is 12.1 Å². The van der Waals surface area contributed by atoms with Gasteiger partial charge in [-0.2, -0.15) is 9.40 Å². The second kappa shape index (κ2) is 8.68. The van der Waals surface area contributed by atoms with Gasteiger partial charge in [0.15, 0.2) is 5.76 Å². The molecule has 0 saturated carbocycles. The second-order valence-electron chi connectivity index (χ2n) is 7.87. The van der Waals surface area contributed by atoms with Crippen molar-refractivity contribution >= 4 is 15.9 Å². The molecule has 1 aromatic carbocycles. The van der Waals surface area contributed by atoms with Gasteiger partial charge in [0, 0.05) is 24.7 Å². The molecule has 3 heterocycles. The first-order chi connectivity index (χ1) is 14.8. The standard InChI is InChI=1S/C22H26N4O4S/c1-15-14-19(25-24-15)20-8-9-21(30-20)31(28,29)26-12-10-18(11-13-26)22(27)23-16(2)17-6-4-3-5-7-17/h3-9,14,16,18H,10-13H2,1-2H3,(H,23,27)(H,24,25). The van der Waals surface area contributed by atoms with Crippen LogP contribution in [0.2, 0.25) is 0 Å². The molecule has 4 rings (SSSR count). The quantitative estimate of drug-likeness (QED) is 0.609. The minimum Gasteiger partial charge on any atom is -0.442 e. The summed E-state index contributed by atoms with van der Waals surface area (Å²) in [7, 11) is -3.76. The lowest BCUT2D eigenvalue weighted by atomic mass is 9.96. The third-order valence-electron chi connectivity index (χ3n) is 5.62. The highest BCUT2D eigenvalue weighted by molar-refractivity contribution is 7.89. The van der Waals surface area contributed by atoms with Gasteiger partial charge in [0.1, 0.15) is 5.69 Å². The number of furan rings is 1. The average Bonchev–Trinajstić information content (AvgIpc) is 3.44. The monoisotopic (exact) mass is 442 g/mol. The molecule has 1 aliphatic rings.